The van der Waals surface area contributed by atoms with Crippen molar-refractivity contribution in [1.82, 2.24) is 4.31 Å². The largest absolute Gasteiger partial charge is 0.455 e. The highest BCUT2D eigenvalue weighted by molar-refractivity contribution is 7.88. The van der Waals surface area contributed by atoms with E-state index < -0.39 is 50.9 Å². The van der Waals surface area contributed by atoms with Crippen LogP contribution in [0.1, 0.15) is 12.8 Å². The van der Waals surface area contributed by atoms with Crippen LogP contribution in [0.4, 0.5) is 15.8 Å². The number of hydrogen-bond donors (Lipinski definition) is 1. The molecule has 1 aromatic rings. The van der Waals surface area contributed by atoms with E-state index in [1.54, 1.807) is 0 Å². The van der Waals surface area contributed by atoms with Crippen molar-refractivity contribution in [2.24, 2.45) is 5.92 Å². The summed E-state index contributed by atoms with van der Waals surface area (Å²) in [6.07, 6.45) is 1.67. The fourth-order valence-electron chi connectivity index (χ4n) is 2.61. The molecule has 10 nitrogen and oxygen atoms in total. The number of nitrogens with zero attached hydrogens (tertiary/aromatic N) is 2. The van der Waals surface area contributed by atoms with Crippen LogP contribution in [0.2, 0.25) is 0 Å². The molecule has 1 heterocycles. The number of sulfonamides is 1. The Hall–Kier alpha value is -2.60. The Bertz CT molecular complexity index is 851. The highest BCUT2D eigenvalue weighted by atomic mass is 32.2. The van der Waals surface area contributed by atoms with Gasteiger partial charge < -0.3 is 10.1 Å². The highest BCUT2D eigenvalue weighted by Crippen LogP contribution is 2.22. The summed E-state index contributed by atoms with van der Waals surface area (Å²) >= 11 is 0. The predicted molar refractivity (Wildman–Crippen MR) is 91.8 cm³/mol. The van der Waals surface area contributed by atoms with E-state index in [0.717, 1.165) is 24.5 Å². The highest BCUT2D eigenvalue weighted by Gasteiger charge is 2.30. The summed E-state index contributed by atoms with van der Waals surface area (Å²) in [5.41, 5.74) is -0.798. The van der Waals surface area contributed by atoms with Gasteiger partial charge in [0, 0.05) is 24.8 Å². The second-order valence-electron chi connectivity index (χ2n) is 6.02. The predicted octanol–water partition coefficient (Wildman–Crippen LogP) is 0.887. The van der Waals surface area contributed by atoms with E-state index in [9.17, 15) is 32.5 Å². The number of nitro benzene ring substituents is 1. The molecule has 2 rings (SSSR count). The molecule has 1 saturated heterocycles. The van der Waals surface area contributed by atoms with Gasteiger partial charge in [-0.05, 0) is 25.0 Å². The van der Waals surface area contributed by atoms with Crippen LogP contribution in [0.25, 0.3) is 0 Å². The lowest BCUT2D eigenvalue weighted by Crippen LogP contribution is -2.40. The van der Waals surface area contributed by atoms with Crippen LogP contribution in [-0.2, 0) is 24.3 Å². The number of halogens is 1. The molecule has 1 fully saturated rings. The first-order chi connectivity index (χ1) is 12.6. The summed E-state index contributed by atoms with van der Waals surface area (Å²) in [5, 5.41) is 13.0. The lowest BCUT2D eigenvalue weighted by molar-refractivity contribution is -0.387. The number of amides is 1. The van der Waals surface area contributed by atoms with Gasteiger partial charge in [0.1, 0.15) is 0 Å². The van der Waals surface area contributed by atoms with Gasteiger partial charge in [-0.2, -0.15) is 4.39 Å². The molecule has 1 aliphatic heterocycles. The molecule has 0 bridgehead atoms. The Morgan fingerprint density at radius 3 is 2.56 bits per heavy atom. The third-order valence-corrected chi connectivity index (χ3v) is 5.33. The van der Waals surface area contributed by atoms with Crippen molar-refractivity contribution < 1.29 is 32.1 Å². The van der Waals surface area contributed by atoms with Crippen LogP contribution in [0, 0.1) is 21.8 Å². The molecule has 0 saturated carbocycles. The zero-order valence-electron chi connectivity index (χ0n) is 14.4. The first-order valence-electron chi connectivity index (χ1n) is 7.93. The first kappa shape index (κ1) is 20.7. The average Bonchev–Trinajstić information content (AvgIpc) is 2.60. The van der Waals surface area contributed by atoms with Crippen molar-refractivity contribution in [3.63, 3.8) is 0 Å². The van der Waals surface area contributed by atoms with E-state index in [1.807, 2.05) is 0 Å². The molecule has 1 N–H and O–H groups in total. The number of hydrogen-bond acceptors (Lipinski definition) is 7. The molecule has 0 radical (unpaired) electrons. The van der Waals surface area contributed by atoms with Crippen molar-refractivity contribution in [3.05, 3.63) is 34.1 Å². The molecule has 1 aliphatic rings. The van der Waals surface area contributed by atoms with Crippen molar-refractivity contribution in [2.75, 3.05) is 31.3 Å². The van der Waals surface area contributed by atoms with Crippen LogP contribution in [-0.4, -0.2) is 55.5 Å². The number of carbonyl (C=O) groups is 2. The Morgan fingerprint density at radius 1 is 1.37 bits per heavy atom. The Kier molecular flexibility index (Phi) is 6.44. The van der Waals surface area contributed by atoms with E-state index in [1.165, 1.54) is 4.31 Å². The third-order valence-electron chi connectivity index (χ3n) is 4.03. The summed E-state index contributed by atoms with van der Waals surface area (Å²) in [4.78, 5) is 33.6. The smallest absolute Gasteiger partial charge is 0.309 e. The van der Waals surface area contributed by atoms with E-state index in [0.29, 0.717) is 0 Å². The van der Waals surface area contributed by atoms with Crippen LogP contribution in [0.5, 0.6) is 0 Å². The Morgan fingerprint density at radius 2 is 2.00 bits per heavy atom. The van der Waals surface area contributed by atoms with E-state index in [-0.39, 0.29) is 31.6 Å². The summed E-state index contributed by atoms with van der Waals surface area (Å²) in [6, 6.07) is 2.84. The average molecular weight is 403 g/mol. The molecule has 0 aromatic heterocycles. The van der Waals surface area contributed by atoms with Gasteiger partial charge >= 0.3 is 11.7 Å². The lowest BCUT2D eigenvalue weighted by atomic mass is 9.98. The lowest BCUT2D eigenvalue weighted by Gasteiger charge is -2.28. The fraction of sp³-hybridized carbons (Fsp3) is 0.467. The summed E-state index contributed by atoms with van der Waals surface area (Å²) in [6.45, 7) is -0.218. The van der Waals surface area contributed by atoms with Gasteiger partial charge in [-0.25, -0.2) is 12.7 Å². The van der Waals surface area contributed by atoms with Crippen LogP contribution in [0.15, 0.2) is 18.2 Å². The van der Waals surface area contributed by atoms with Gasteiger partial charge in [-0.1, -0.05) is 0 Å². The summed E-state index contributed by atoms with van der Waals surface area (Å²) in [5.74, 6) is -2.91. The van der Waals surface area contributed by atoms with Crippen molar-refractivity contribution in [1.29, 1.82) is 0 Å². The van der Waals surface area contributed by atoms with Crippen molar-refractivity contribution >= 4 is 33.3 Å². The standard InChI is InChI=1S/C15H18FN3O7S/c1-27(24,25)18-6-4-10(5-7-18)15(21)26-9-14(20)17-11-2-3-12(16)13(8-11)19(22)23/h2-3,8,10H,4-7,9H2,1H3,(H,17,20). The molecule has 0 atom stereocenters. The minimum atomic E-state index is -3.31. The molecule has 0 unspecified atom stereocenters. The topological polar surface area (TPSA) is 136 Å². The zero-order valence-corrected chi connectivity index (χ0v) is 15.2. The van der Waals surface area contributed by atoms with Gasteiger partial charge in [0.2, 0.25) is 15.8 Å². The maximum Gasteiger partial charge on any atom is 0.309 e. The molecule has 1 amide bonds. The molecule has 27 heavy (non-hydrogen) atoms. The molecule has 148 valence electrons. The number of carbonyl (C=O) groups excluding carboxylic acids is 2. The van der Waals surface area contributed by atoms with Gasteiger partial charge in [0.25, 0.3) is 5.91 Å². The van der Waals surface area contributed by atoms with Crippen molar-refractivity contribution in [2.45, 2.75) is 12.8 Å². The maximum atomic E-state index is 13.3. The Balaban J connectivity index is 1.83. The SMILES string of the molecule is CS(=O)(=O)N1CCC(C(=O)OCC(=O)Nc2ccc(F)c([N+](=O)[O-])c2)CC1. The van der Waals surface area contributed by atoms with Gasteiger partial charge in [0.15, 0.2) is 6.61 Å². The zero-order chi connectivity index (χ0) is 20.2. The number of piperidine rings is 1. The van der Waals surface area contributed by atoms with Gasteiger partial charge in [-0.15, -0.1) is 0 Å². The summed E-state index contributed by atoms with van der Waals surface area (Å²) < 4.78 is 42.3. The fourth-order valence-corrected chi connectivity index (χ4v) is 3.48. The van der Waals surface area contributed by atoms with Crippen molar-refractivity contribution in [3.8, 4) is 0 Å². The number of nitrogens with one attached hydrogen (secondary N) is 1. The monoisotopic (exact) mass is 403 g/mol. The van der Waals surface area contributed by atoms with Crippen LogP contribution in [0.3, 0.4) is 0 Å². The normalized spacial score (nSPS) is 15.9. The molecular formula is C15H18FN3O7S. The number of ether oxygens (including phenoxy) is 1. The number of nitro groups is 1. The molecule has 12 heteroatoms. The summed E-state index contributed by atoms with van der Waals surface area (Å²) in [7, 11) is -3.31. The quantitative estimate of drug-likeness (QED) is 0.423. The van der Waals surface area contributed by atoms with E-state index >= 15 is 0 Å². The second-order valence-corrected chi connectivity index (χ2v) is 8.00. The molecular weight excluding hydrogens is 385 g/mol. The number of benzene rings is 1. The second kappa shape index (κ2) is 8.39. The Labute approximate surface area is 154 Å². The van der Waals surface area contributed by atoms with E-state index in [2.05, 4.69) is 5.32 Å². The van der Waals surface area contributed by atoms with Crippen LogP contribution < -0.4 is 5.32 Å². The molecule has 0 spiro atoms. The molecule has 0 aliphatic carbocycles. The maximum absolute atomic E-state index is 13.3. The number of esters is 1. The minimum Gasteiger partial charge on any atom is -0.455 e. The minimum absolute atomic E-state index is 0.00869. The number of rotatable bonds is 6. The third kappa shape index (κ3) is 5.69. The first-order valence-corrected chi connectivity index (χ1v) is 9.78. The van der Waals surface area contributed by atoms with Gasteiger partial charge in [-0.3, -0.25) is 19.7 Å². The van der Waals surface area contributed by atoms with E-state index in [4.69, 9.17) is 4.74 Å². The van der Waals surface area contributed by atoms with Crippen LogP contribution >= 0.6 is 0 Å². The number of anilines is 1. The molecule has 1 aromatic carbocycles. The van der Waals surface area contributed by atoms with Gasteiger partial charge in [0.05, 0.1) is 17.1 Å².